The van der Waals surface area contributed by atoms with Crippen LogP contribution in [0.1, 0.15) is 29.7 Å². The van der Waals surface area contributed by atoms with Crippen LogP contribution in [0.2, 0.25) is 0 Å². The highest BCUT2D eigenvalue weighted by molar-refractivity contribution is 5.55. The lowest BCUT2D eigenvalue weighted by atomic mass is 10.0. The SMILES string of the molecule is Cc1cccc(NC2CCN(c3nc(C(F)(F)F)ccc3C#N)CC2)c1. The normalized spacial score (nSPS) is 15.6. The summed E-state index contributed by atoms with van der Waals surface area (Å²) in [5.74, 6) is 0.122. The number of benzene rings is 1. The highest BCUT2D eigenvalue weighted by Crippen LogP contribution is 2.31. The van der Waals surface area contributed by atoms with Crippen LogP contribution in [-0.2, 0) is 6.18 Å². The van der Waals surface area contributed by atoms with Crippen LogP contribution in [-0.4, -0.2) is 24.1 Å². The Hall–Kier alpha value is -2.75. The molecule has 136 valence electrons. The standard InChI is InChI=1S/C19H19F3N4/c1-13-3-2-4-16(11-13)24-15-7-9-26(10-8-15)18-14(12-23)5-6-17(25-18)19(20,21)22/h2-6,11,15,24H,7-10H2,1H3. The van der Waals surface area contributed by atoms with E-state index in [1.807, 2.05) is 31.2 Å². The van der Waals surface area contributed by atoms with Gasteiger partial charge in [0, 0.05) is 24.8 Å². The number of hydrogen-bond acceptors (Lipinski definition) is 4. The average molecular weight is 360 g/mol. The average Bonchev–Trinajstić information content (AvgIpc) is 2.61. The molecule has 0 radical (unpaired) electrons. The van der Waals surface area contributed by atoms with Gasteiger partial charge in [-0.25, -0.2) is 4.98 Å². The van der Waals surface area contributed by atoms with Crippen LogP contribution in [0.3, 0.4) is 0 Å². The summed E-state index contributed by atoms with van der Waals surface area (Å²) in [7, 11) is 0. The van der Waals surface area contributed by atoms with Gasteiger partial charge in [0.25, 0.3) is 0 Å². The molecule has 1 aromatic carbocycles. The predicted octanol–water partition coefficient (Wildman–Crippen LogP) is 4.36. The minimum Gasteiger partial charge on any atom is -0.382 e. The molecule has 1 aliphatic heterocycles. The predicted molar refractivity (Wildman–Crippen MR) is 94.0 cm³/mol. The fourth-order valence-corrected chi connectivity index (χ4v) is 3.14. The molecule has 0 bridgehead atoms. The molecule has 0 amide bonds. The van der Waals surface area contributed by atoms with E-state index in [0.29, 0.717) is 13.1 Å². The second-order valence-electron chi connectivity index (χ2n) is 6.45. The van der Waals surface area contributed by atoms with E-state index in [1.54, 1.807) is 4.90 Å². The van der Waals surface area contributed by atoms with Gasteiger partial charge in [0.05, 0.1) is 5.56 Å². The molecule has 1 saturated heterocycles. The molecule has 7 heteroatoms. The zero-order chi connectivity index (χ0) is 18.7. The third-order valence-corrected chi connectivity index (χ3v) is 4.47. The molecule has 2 aromatic rings. The third-order valence-electron chi connectivity index (χ3n) is 4.47. The van der Waals surface area contributed by atoms with Crippen LogP contribution in [0, 0.1) is 18.3 Å². The Morgan fingerprint density at radius 3 is 2.54 bits per heavy atom. The highest BCUT2D eigenvalue weighted by Gasteiger charge is 2.34. The number of alkyl halides is 3. The molecule has 0 saturated carbocycles. The topological polar surface area (TPSA) is 52.0 Å². The number of anilines is 2. The Morgan fingerprint density at radius 2 is 1.92 bits per heavy atom. The highest BCUT2D eigenvalue weighted by atomic mass is 19.4. The quantitative estimate of drug-likeness (QED) is 0.884. The van der Waals surface area contributed by atoms with Crippen LogP contribution >= 0.6 is 0 Å². The number of rotatable bonds is 3. The molecule has 3 rings (SSSR count). The summed E-state index contributed by atoms with van der Waals surface area (Å²) in [5.41, 5.74) is 1.41. The molecular weight excluding hydrogens is 341 g/mol. The van der Waals surface area contributed by atoms with Gasteiger partial charge in [0.15, 0.2) is 0 Å². The Bertz CT molecular complexity index is 818. The van der Waals surface area contributed by atoms with Crippen molar-refractivity contribution in [3.05, 3.63) is 53.2 Å². The van der Waals surface area contributed by atoms with Gasteiger partial charge in [0.2, 0.25) is 0 Å². The lowest BCUT2D eigenvalue weighted by molar-refractivity contribution is -0.141. The number of nitriles is 1. The summed E-state index contributed by atoms with van der Waals surface area (Å²) in [4.78, 5) is 5.48. The summed E-state index contributed by atoms with van der Waals surface area (Å²) in [5, 5.41) is 12.7. The van der Waals surface area contributed by atoms with E-state index in [1.165, 1.54) is 11.6 Å². The largest absolute Gasteiger partial charge is 0.433 e. The van der Waals surface area contributed by atoms with Crippen molar-refractivity contribution in [2.75, 3.05) is 23.3 Å². The van der Waals surface area contributed by atoms with Crippen molar-refractivity contribution in [3.8, 4) is 6.07 Å². The molecule has 1 aromatic heterocycles. The number of aryl methyl sites for hydroxylation is 1. The van der Waals surface area contributed by atoms with Crippen molar-refractivity contribution in [2.24, 2.45) is 0 Å². The monoisotopic (exact) mass is 360 g/mol. The minimum atomic E-state index is -4.52. The number of pyridine rings is 1. The maximum atomic E-state index is 12.9. The number of piperidine rings is 1. The first kappa shape index (κ1) is 18.1. The van der Waals surface area contributed by atoms with E-state index in [0.717, 1.165) is 24.6 Å². The van der Waals surface area contributed by atoms with Crippen LogP contribution in [0.4, 0.5) is 24.7 Å². The van der Waals surface area contributed by atoms with E-state index in [9.17, 15) is 18.4 Å². The van der Waals surface area contributed by atoms with E-state index in [-0.39, 0.29) is 17.4 Å². The molecule has 0 atom stereocenters. The van der Waals surface area contributed by atoms with Gasteiger partial charge >= 0.3 is 6.18 Å². The van der Waals surface area contributed by atoms with Crippen LogP contribution in [0.25, 0.3) is 0 Å². The Labute approximate surface area is 150 Å². The van der Waals surface area contributed by atoms with Crippen LogP contribution < -0.4 is 10.2 Å². The number of nitrogens with one attached hydrogen (secondary N) is 1. The second-order valence-corrected chi connectivity index (χ2v) is 6.45. The van der Waals surface area contributed by atoms with Crippen LogP contribution in [0.15, 0.2) is 36.4 Å². The van der Waals surface area contributed by atoms with Crippen molar-refractivity contribution >= 4 is 11.5 Å². The molecule has 26 heavy (non-hydrogen) atoms. The molecule has 1 aliphatic rings. The lowest BCUT2D eigenvalue weighted by Gasteiger charge is -2.34. The summed E-state index contributed by atoms with van der Waals surface area (Å²) in [6.45, 7) is 3.12. The van der Waals surface area contributed by atoms with E-state index in [4.69, 9.17) is 0 Å². The van der Waals surface area contributed by atoms with Crippen molar-refractivity contribution in [1.29, 1.82) is 5.26 Å². The second kappa shape index (κ2) is 7.24. The number of nitrogens with zero attached hydrogens (tertiary/aromatic N) is 3. The third kappa shape index (κ3) is 4.07. The molecule has 0 unspecified atom stereocenters. The first-order chi connectivity index (χ1) is 12.4. The van der Waals surface area contributed by atoms with Gasteiger partial charge in [-0.1, -0.05) is 12.1 Å². The summed E-state index contributed by atoms with van der Waals surface area (Å²) < 4.78 is 38.8. The fraction of sp³-hybridized carbons (Fsp3) is 0.368. The van der Waals surface area contributed by atoms with Crippen molar-refractivity contribution in [3.63, 3.8) is 0 Å². The maximum Gasteiger partial charge on any atom is 0.433 e. The molecule has 2 heterocycles. The molecule has 1 N–H and O–H groups in total. The van der Waals surface area contributed by atoms with E-state index >= 15 is 0 Å². The van der Waals surface area contributed by atoms with E-state index < -0.39 is 11.9 Å². The summed E-state index contributed by atoms with van der Waals surface area (Å²) >= 11 is 0. The lowest BCUT2D eigenvalue weighted by Crippen LogP contribution is -2.40. The van der Waals surface area contributed by atoms with Gasteiger partial charge in [-0.3, -0.25) is 0 Å². The molecular formula is C19H19F3N4. The molecule has 4 nitrogen and oxygen atoms in total. The van der Waals surface area contributed by atoms with Crippen molar-refractivity contribution in [1.82, 2.24) is 4.98 Å². The fourth-order valence-electron chi connectivity index (χ4n) is 3.14. The first-order valence-electron chi connectivity index (χ1n) is 8.43. The molecule has 0 spiro atoms. The zero-order valence-corrected chi connectivity index (χ0v) is 14.3. The van der Waals surface area contributed by atoms with Gasteiger partial charge < -0.3 is 10.2 Å². The molecule has 0 aliphatic carbocycles. The van der Waals surface area contributed by atoms with Gasteiger partial charge in [0.1, 0.15) is 17.6 Å². The van der Waals surface area contributed by atoms with Gasteiger partial charge in [-0.05, 0) is 49.6 Å². The zero-order valence-electron chi connectivity index (χ0n) is 14.3. The number of hydrogen-bond donors (Lipinski definition) is 1. The van der Waals surface area contributed by atoms with Gasteiger partial charge in [-0.2, -0.15) is 18.4 Å². The van der Waals surface area contributed by atoms with Gasteiger partial charge in [-0.15, -0.1) is 0 Å². The first-order valence-corrected chi connectivity index (χ1v) is 8.43. The van der Waals surface area contributed by atoms with Crippen LogP contribution in [0.5, 0.6) is 0 Å². The number of halogens is 3. The smallest absolute Gasteiger partial charge is 0.382 e. The Balaban J connectivity index is 1.70. The Morgan fingerprint density at radius 1 is 1.19 bits per heavy atom. The number of aromatic nitrogens is 1. The van der Waals surface area contributed by atoms with E-state index in [2.05, 4.69) is 16.4 Å². The summed E-state index contributed by atoms with van der Waals surface area (Å²) in [6.07, 6.45) is -3.00. The van der Waals surface area contributed by atoms with Crippen molar-refractivity contribution in [2.45, 2.75) is 32.0 Å². The summed E-state index contributed by atoms with van der Waals surface area (Å²) in [6, 6.07) is 12.3. The molecule has 1 fully saturated rings. The minimum absolute atomic E-state index is 0.122. The Kier molecular flexibility index (Phi) is 5.03. The van der Waals surface area contributed by atoms with Crippen molar-refractivity contribution < 1.29 is 13.2 Å². The maximum absolute atomic E-state index is 12.9.